The second kappa shape index (κ2) is 9.74. The number of aromatic nitrogens is 1. The van der Waals surface area contributed by atoms with Crippen LogP contribution in [0.3, 0.4) is 0 Å². The molecule has 1 aromatic rings. The Morgan fingerprint density at radius 3 is 2.48 bits per heavy atom. The highest BCUT2D eigenvalue weighted by atomic mass is 15.2. The quantitative estimate of drug-likeness (QED) is 0.672. The molecule has 0 saturated heterocycles. The molecule has 0 amide bonds. The molecule has 4 heteroatoms. The maximum atomic E-state index is 4.79. The van der Waals surface area contributed by atoms with Crippen LogP contribution in [0.2, 0.25) is 0 Å². The lowest BCUT2D eigenvalue weighted by atomic mass is 10.2. The van der Waals surface area contributed by atoms with E-state index in [4.69, 9.17) is 4.98 Å². The summed E-state index contributed by atoms with van der Waals surface area (Å²) < 4.78 is 0. The van der Waals surface area contributed by atoms with Crippen LogP contribution in [0.1, 0.15) is 37.9 Å². The fourth-order valence-corrected chi connectivity index (χ4v) is 2.35. The van der Waals surface area contributed by atoms with Gasteiger partial charge in [0, 0.05) is 25.3 Å². The van der Waals surface area contributed by atoms with E-state index in [2.05, 4.69) is 62.1 Å². The molecule has 0 aliphatic rings. The zero-order valence-electron chi connectivity index (χ0n) is 14.4. The first kappa shape index (κ1) is 17.9. The maximum absolute atomic E-state index is 4.79. The Morgan fingerprint density at radius 2 is 1.90 bits per heavy atom. The van der Waals surface area contributed by atoms with Crippen LogP contribution >= 0.6 is 0 Å². The van der Waals surface area contributed by atoms with E-state index >= 15 is 0 Å². The van der Waals surface area contributed by atoms with Crippen molar-refractivity contribution in [3.63, 3.8) is 0 Å². The van der Waals surface area contributed by atoms with Crippen LogP contribution in [0.25, 0.3) is 0 Å². The largest absolute Gasteiger partial charge is 0.357 e. The normalized spacial score (nSPS) is 11.1. The minimum absolute atomic E-state index is 0.916. The van der Waals surface area contributed by atoms with E-state index in [9.17, 15) is 0 Å². The van der Waals surface area contributed by atoms with Crippen molar-refractivity contribution in [3.8, 4) is 0 Å². The number of rotatable bonds is 10. The van der Waals surface area contributed by atoms with Crippen LogP contribution in [-0.4, -0.2) is 50.2 Å². The fraction of sp³-hybridized carbons (Fsp3) is 0.706. The minimum Gasteiger partial charge on any atom is -0.357 e. The summed E-state index contributed by atoms with van der Waals surface area (Å²) in [5, 5.41) is 3.44. The van der Waals surface area contributed by atoms with Crippen LogP contribution in [0.5, 0.6) is 0 Å². The van der Waals surface area contributed by atoms with Gasteiger partial charge in [0.25, 0.3) is 0 Å². The first-order valence-corrected chi connectivity index (χ1v) is 8.15. The average molecular weight is 292 g/mol. The molecule has 0 fully saturated rings. The Kier molecular flexibility index (Phi) is 8.31. The lowest BCUT2D eigenvalue weighted by Gasteiger charge is -2.23. The smallest absolute Gasteiger partial charge is 0.128 e. The number of nitrogens with one attached hydrogen (secondary N) is 1. The second-order valence-corrected chi connectivity index (χ2v) is 5.83. The molecule has 0 radical (unpaired) electrons. The highest BCUT2D eigenvalue weighted by molar-refractivity contribution is 5.41. The zero-order chi connectivity index (χ0) is 15.7. The summed E-state index contributed by atoms with van der Waals surface area (Å²) in [5.74, 6) is 1.10. The number of anilines is 1. The van der Waals surface area contributed by atoms with Crippen LogP contribution in [0.4, 0.5) is 5.82 Å². The maximum Gasteiger partial charge on any atom is 0.128 e. The summed E-state index contributed by atoms with van der Waals surface area (Å²) in [4.78, 5) is 9.39. The molecule has 4 nitrogen and oxygen atoms in total. The number of aryl methyl sites for hydroxylation is 1. The van der Waals surface area contributed by atoms with Crippen LogP contribution in [0.15, 0.2) is 12.1 Å². The Morgan fingerprint density at radius 1 is 1.14 bits per heavy atom. The molecule has 120 valence electrons. The molecule has 0 aromatic carbocycles. The average Bonchev–Trinajstić information content (AvgIpc) is 2.45. The molecule has 1 N–H and O–H groups in total. The first-order valence-electron chi connectivity index (χ1n) is 8.15. The molecule has 1 aromatic heterocycles. The molecule has 0 spiro atoms. The Bertz CT molecular complexity index is 404. The van der Waals surface area contributed by atoms with Gasteiger partial charge in [-0.25, -0.2) is 4.98 Å². The van der Waals surface area contributed by atoms with E-state index in [1.54, 1.807) is 0 Å². The third-order valence-electron chi connectivity index (χ3n) is 3.66. The van der Waals surface area contributed by atoms with Crippen LogP contribution in [-0.2, 0) is 6.54 Å². The van der Waals surface area contributed by atoms with Gasteiger partial charge >= 0.3 is 0 Å². The summed E-state index contributed by atoms with van der Waals surface area (Å²) in [6, 6.07) is 4.38. The van der Waals surface area contributed by atoms with Crippen molar-refractivity contribution >= 4 is 5.82 Å². The molecule has 0 aliphatic heterocycles. The molecule has 0 aliphatic carbocycles. The highest BCUT2D eigenvalue weighted by Gasteiger charge is 2.08. The number of hydrogen-bond acceptors (Lipinski definition) is 4. The molecule has 1 heterocycles. The van der Waals surface area contributed by atoms with Gasteiger partial charge in [0.15, 0.2) is 0 Å². The van der Waals surface area contributed by atoms with Crippen molar-refractivity contribution in [1.29, 1.82) is 0 Å². The van der Waals surface area contributed by atoms with Crippen molar-refractivity contribution in [2.24, 2.45) is 0 Å². The molecular weight excluding hydrogens is 260 g/mol. The van der Waals surface area contributed by atoms with Crippen molar-refractivity contribution in [2.75, 3.05) is 45.2 Å². The molecule has 1 rings (SSSR count). The topological polar surface area (TPSA) is 31.4 Å². The van der Waals surface area contributed by atoms with Crippen molar-refractivity contribution in [1.82, 2.24) is 15.2 Å². The second-order valence-electron chi connectivity index (χ2n) is 5.83. The van der Waals surface area contributed by atoms with Gasteiger partial charge in [0.1, 0.15) is 5.82 Å². The first-order chi connectivity index (χ1) is 10.1. The SMILES string of the molecule is CCCNCc1ccc(N(CC)CCCN(C)C)nc1C. The van der Waals surface area contributed by atoms with Gasteiger partial charge in [0.2, 0.25) is 0 Å². The predicted octanol–water partition coefficient (Wildman–Crippen LogP) is 2.67. The number of hydrogen-bond donors (Lipinski definition) is 1. The Labute approximate surface area is 130 Å². The van der Waals surface area contributed by atoms with Gasteiger partial charge < -0.3 is 15.1 Å². The van der Waals surface area contributed by atoms with E-state index in [0.29, 0.717) is 0 Å². The highest BCUT2D eigenvalue weighted by Crippen LogP contribution is 2.15. The van der Waals surface area contributed by atoms with Gasteiger partial charge in [-0.15, -0.1) is 0 Å². The van der Waals surface area contributed by atoms with Gasteiger partial charge in [-0.2, -0.15) is 0 Å². The fourth-order valence-electron chi connectivity index (χ4n) is 2.35. The van der Waals surface area contributed by atoms with Crippen LogP contribution in [0, 0.1) is 6.92 Å². The van der Waals surface area contributed by atoms with E-state index in [1.165, 1.54) is 18.4 Å². The van der Waals surface area contributed by atoms with Crippen molar-refractivity contribution in [3.05, 3.63) is 23.4 Å². The van der Waals surface area contributed by atoms with E-state index in [-0.39, 0.29) is 0 Å². The standard InChI is InChI=1S/C17H32N4/c1-6-11-18-14-16-9-10-17(19-15(16)3)21(7-2)13-8-12-20(4)5/h9-10,18H,6-8,11-14H2,1-5H3. The van der Waals surface area contributed by atoms with E-state index < -0.39 is 0 Å². The molecule has 0 bridgehead atoms. The lowest BCUT2D eigenvalue weighted by Crippen LogP contribution is -2.28. The van der Waals surface area contributed by atoms with Crippen molar-refractivity contribution in [2.45, 2.75) is 40.2 Å². The Hall–Kier alpha value is -1.13. The van der Waals surface area contributed by atoms with Crippen LogP contribution < -0.4 is 10.2 Å². The summed E-state index contributed by atoms with van der Waals surface area (Å²) in [7, 11) is 4.24. The monoisotopic (exact) mass is 292 g/mol. The molecule has 0 saturated carbocycles. The number of nitrogens with zero attached hydrogens (tertiary/aromatic N) is 3. The van der Waals surface area contributed by atoms with E-state index in [0.717, 1.165) is 44.2 Å². The molecular formula is C17H32N4. The lowest BCUT2D eigenvalue weighted by molar-refractivity contribution is 0.400. The molecule has 0 atom stereocenters. The molecule has 0 unspecified atom stereocenters. The summed E-state index contributed by atoms with van der Waals surface area (Å²) in [6.07, 6.45) is 2.33. The summed E-state index contributed by atoms with van der Waals surface area (Å²) in [6.45, 7) is 11.7. The number of pyridine rings is 1. The summed E-state index contributed by atoms with van der Waals surface area (Å²) in [5.41, 5.74) is 2.44. The predicted molar refractivity (Wildman–Crippen MR) is 92.0 cm³/mol. The minimum atomic E-state index is 0.916. The van der Waals surface area contributed by atoms with Gasteiger partial charge in [-0.1, -0.05) is 13.0 Å². The van der Waals surface area contributed by atoms with Gasteiger partial charge in [-0.05, 0) is 65.5 Å². The van der Waals surface area contributed by atoms with Gasteiger partial charge in [0.05, 0.1) is 0 Å². The Balaban J connectivity index is 2.62. The van der Waals surface area contributed by atoms with E-state index in [1.807, 2.05) is 0 Å². The summed E-state index contributed by atoms with van der Waals surface area (Å²) >= 11 is 0. The molecule has 21 heavy (non-hydrogen) atoms. The third-order valence-corrected chi connectivity index (χ3v) is 3.66. The third kappa shape index (κ3) is 6.44. The van der Waals surface area contributed by atoms with Gasteiger partial charge in [-0.3, -0.25) is 0 Å². The zero-order valence-corrected chi connectivity index (χ0v) is 14.4. The van der Waals surface area contributed by atoms with Crippen molar-refractivity contribution < 1.29 is 0 Å².